The second-order valence-corrected chi connectivity index (χ2v) is 4.48. The number of carboxylic acid groups (broad SMARTS) is 1. The molecule has 2 N–H and O–H groups in total. The SMILES string of the molecule is CCc1[nH]c(=O)c(C(=O)O)c2c1CCCCC2. The molecular weight excluding hydrogens is 218 g/mol. The molecule has 0 saturated heterocycles. The number of nitrogens with one attached hydrogen (secondary N) is 1. The Kier molecular flexibility index (Phi) is 3.31. The first-order valence-electron chi connectivity index (χ1n) is 6.15. The van der Waals surface area contributed by atoms with E-state index in [-0.39, 0.29) is 5.56 Å². The fraction of sp³-hybridized carbons (Fsp3) is 0.538. The summed E-state index contributed by atoms with van der Waals surface area (Å²) in [6.45, 7) is 1.98. The van der Waals surface area contributed by atoms with E-state index in [9.17, 15) is 9.59 Å². The molecule has 0 radical (unpaired) electrons. The van der Waals surface area contributed by atoms with Crippen LogP contribution < -0.4 is 5.56 Å². The van der Waals surface area contributed by atoms with Crippen LogP contribution in [0.15, 0.2) is 4.79 Å². The summed E-state index contributed by atoms with van der Waals surface area (Å²) < 4.78 is 0. The second kappa shape index (κ2) is 4.73. The van der Waals surface area contributed by atoms with Crippen LogP contribution in [-0.2, 0) is 19.3 Å². The molecule has 0 saturated carbocycles. The van der Waals surface area contributed by atoms with E-state index in [1.54, 1.807) is 0 Å². The molecule has 1 aliphatic rings. The molecule has 2 rings (SSSR count). The largest absolute Gasteiger partial charge is 0.477 e. The van der Waals surface area contributed by atoms with Gasteiger partial charge in [0.25, 0.3) is 5.56 Å². The van der Waals surface area contributed by atoms with Crippen molar-refractivity contribution in [2.75, 3.05) is 0 Å². The Bertz CT molecular complexity index is 502. The maximum absolute atomic E-state index is 11.8. The van der Waals surface area contributed by atoms with Crippen LogP contribution >= 0.6 is 0 Å². The van der Waals surface area contributed by atoms with Crippen LogP contribution in [0.25, 0.3) is 0 Å². The molecule has 0 atom stereocenters. The van der Waals surface area contributed by atoms with Crippen molar-refractivity contribution in [3.8, 4) is 0 Å². The monoisotopic (exact) mass is 235 g/mol. The van der Waals surface area contributed by atoms with Crippen LogP contribution in [-0.4, -0.2) is 16.1 Å². The number of carboxylic acids is 1. The fourth-order valence-corrected chi connectivity index (χ4v) is 2.63. The number of rotatable bonds is 2. The van der Waals surface area contributed by atoms with Crippen molar-refractivity contribution < 1.29 is 9.90 Å². The first-order valence-corrected chi connectivity index (χ1v) is 6.15. The summed E-state index contributed by atoms with van der Waals surface area (Å²) in [6.07, 6.45) is 5.50. The normalized spacial score (nSPS) is 15.1. The average molecular weight is 235 g/mol. The van der Waals surface area contributed by atoms with Crippen LogP contribution in [0.5, 0.6) is 0 Å². The van der Waals surface area contributed by atoms with Crippen molar-refractivity contribution in [2.45, 2.75) is 45.4 Å². The maximum Gasteiger partial charge on any atom is 0.341 e. The number of aromatic carboxylic acids is 1. The van der Waals surface area contributed by atoms with Gasteiger partial charge in [-0.25, -0.2) is 4.79 Å². The van der Waals surface area contributed by atoms with Crippen molar-refractivity contribution in [1.29, 1.82) is 0 Å². The first kappa shape index (κ1) is 11.9. The Morgan fingerprint density at radius 3 is 2.47 bits per heavy atom. The van der Waals surface area contributed by atoms with Crippen LogP contribution in [0.1, 0.15) is 53.4 Å². The zero-order chi connectivity index (χ0) is 12.4. The highest BCUT2D eigenvalue weighted by Crippen LogP contribution is 2.24. The number of fused-ring (bicyclic) bond motifs is 1. The molecular formula is C13H17NO3. The standard InChI is InChI=1S/C13H17NO3/c1-2-10-8-6-4-3-5-7-9(8)11(13(16)17)12(15)14-10/h2-7H2,1H3,(H,14,15)(H,16,17). The fourth-order valence-electron chi connectivity index (χ4n) is 2.63. The van der Waals surface area contributed by atoms with Crippen LogP contribution in [0, 0.1) is 0 Å². The highest BCUT2D eigenvalue weighted by atomic mass is 16.4. The molecule has 4 heteroatoms. The Balaban J connectivity index is 2.70. The minimum absolute atomic E-state index is 0.0425. The molecule has 0 spiro atoms. The quantitative estimate of drug-likeness (QED) is 0.769. The summed E-state index contributed by atoms with van der Waals surface area (Å²) in [6, 6.07) is 0. The number of hydrogen-bond acceptors (Lipinski definition) is 2. The third-order valence-electron chi connectivity index (χ3n) is 3.44. The summed E-state index contributed by atoms with van der Waals surface area (Å²) in [5, 5.41) is 9.16. The van der Waals surface area contributed by atoms with E-state index in [0.29, 0.717) is 6.42 Å². The van der Waals surface area contributed by atoms with Gasteiger partial charge in [0.2, 0.25) is 0 Å². The van der Waals surface area contributed by atoms with Gasteiger partial charge in [0.1, 0.15) is 5.56 Å². The van der Waals surface area contributed by atoms with E-state index >= 15 is 0 Å². The zero-order valence-electron chi connectivity index (χ0n) is 10.0. The molecule has 0 amide bonds. The molecule has 92 valence electrons. The summed E-state index contributed by atoms with van der Waals surface area (Å²) in [5.74, 6) is -1.10. The van der Waals surface area contributed by atoms with E-state index in [1.807, 2.05) is 6.92 Å². The van der Waals surface area contributed by atoms with Gasteiger partial charge in [-0.1, -0.05) is 13.3 Å². The number of carbonyl (C=O) groups is 1. The Labute approximate surface area is 99.7 Å². The number of aromatic amines is 1. The molecule has 0 bridgehead atoms. The number of aromatic nitrogens is 1. The predicted octanol–water partition coefficient (Wildman–Crippen LogP) is 1.90. The van der Waals surface area contributed by atoms with E-state index in [4.69, 9.17) is 5.11 Å². The molecule has 0 fully saturated rings. The minimum Gasteiger partial charge on any atom is -0.477 e. The summed E-state index contributed by atoms with van der Waals surface area (Å²) >= 11 is 0. The zero-order valence-corrected chi connectivity index (χ0v) is 10.0. The third-order valence-corrected chi connectivity index (χ3v) is 3.44. The highest BCUT2D eigenvalue weighted by Gasteiger charge is 2.22. The molecule has 1 heterocycles. The number of H-pyrrole nitrogens is 1. The van der Waals surface area contributed by atoms with Crippen molar-refractivity contribution in [3.05, 3.63) is 32.7 Å². The van der Waals surface area contributed by atoms with Crippen molar-refractivity contribution in [1.82, 2.24) is 4.98 Å². The predicted molar refractivity (Wildman–Crippen MR) is 64.7 cm³/mol. The Hall–Kier alpha value is -1.58. The molecule has 0 aliphatic heterocycles. The molecule has 1 aromatic heterocycles. The van der Waals surface area contributed by atoms with Gasteiger partial charge < -0.3 is 10.1 Å². The lowest BCUT2D eigenvalue weighted by atomic mass is 9.96. The van der Waals surface area contributed by atoms with Gasteiger partial charge in [-0.2, -0.15) is 0 Å². The maximum atomic E-state index is 11.8. The van der Waals surface area contributed by atoms with Gasteiger partial charge in [0, 0.05) is 5.69 Å². The van der Waals surface area contributed by atoms with E-state index in [0.717, 1.165) is 48.9 Å². The minimum atomic E-state index is -1.10. The van der Waals surface area contributed by atoms with Gasteiger partial charge in [-0.3, -0.25) is 4.79 Å². The lowest BCUT2D eigenvalue weighted by molar-refractivity contribution is 0.0693. The number of hydrogen-bond donors (Lipinski definition) is 2. The average Bonchev–Trinajstić information content (AvgIpc) is 2.52. The highest BCUT2D eigenvalue weighted by molar-refractivity contribution is 5.89. The number of pyridine rings is 1. The van der Waals surface area contributed by atoms with Gasteiger partial charge in [-0.05, 0) is 43.2 Å². The molecule has 17 heavy (non-hydrogen) atoms. The summed E-state index contributed by atoms with van der Waals surface area (Å²) in [4.78, 5) is 25.7. The topological polar surface area (TPSA) is 70.2 Å². The Morgan fingerprint density at radius 2 is 1.88 bits per heavy atom. The van der Waals surface area contributed by atoms with Gasteiger partial charge >= 0.3 is 5.97 Å². The van der Waals surface area contributed by atoms with Crippen molar-refractivity contribution in [2.24, 2.45) is 0 Å². The smallest absolute Gasteiger partial charge is 0.341 e. The van der Waals surface area contributed by atoms with Gasteiger partial charge in [0.15, 0.2) is 0 Å². The van der Waals surface area contributed by atoms with Crippen molar-refractivity contribution >= 4 is 5.97 Å². The van der Waals surface area contributed by atoms with Crippen LogP contribution in [0.4, 0.5) is 0 Å². The third kappa shape index (κ3) is 2.12. The molecule has 1 aliphatic carbocycles. The van der Waals surface area contributed by atoms with E-state index in [1.165, 1.54) is 0 Å². The number of aryl methyl sites for hydroxylation is 1. The second-order valence-electron chi connectivity index (χ2n) is 4.48. The van der Waals surface area contributed by atoms with Gasteiger partial charge in [-0.15, -0.1) is 0 Å². The first-order chi connectivity index (χ1) is 8.15. The lowest BCUT2D eigenvalue weighted by Crippen LogP contribution is -2.24. The molecule has 0 aromatic carbocycles. The van der Waals surface area contributed by atoms with Crippen LogP contribution in [0.2, 0.25) is 0 Å². The van der Waals surface area contributed by atoms with Crippen LogP contribution in [0.3, 0.4) is 0 Å². The Morgan fingerprint density at radius 1 is 1.24 bits per heavy atom. The van der Waals surface area contributed by atoms with Crippen molar-refractivity contribution in [3.63, 3.8) is 0 Å². The van der Waals surface area contributed by atoms with E-state index < -0.39 is 11.5 Å². The van der Waals surface area contributed by atoms with Gasteiger partial charge in [0.05, 0.1) is 0 Å². The molecule has 0 unspecified atom stereocenters. The molecule has 4 nitrogen and oxygen atoms in total. The summed E-state index contributed by atoms with van der Waals surface area (Å²) in [5.41, 5.74) is 2.27. The van der Waals surface area contributed by atoms with E-state index in [2.05, 4.69) is 4.98 Å². The molecule has 1 aromatic rings. The summed E-state index contributed by atoms with van der Waals surface area (Å²) in [7, 11) is 0. The lowest BCUT2D eigenvalue weighted by Gasteiger charge is -2.13.